The van der Waals surface area contributed by atoms with Crippen molar-refractivity contribution in [3.63, 3.8) is 0 Å². The molecule has 0 rings (SSSR count). The van der Waals surface area contributed by atoms with Crippen molar-refractivity contribution < 1.29 is 38.0 Å². The predicted molar refractivity (Wildman–Crippen MR) is 141 cm³/mol. The van der Waals surface area contributed by atoms with Gasteiger partial charge in [0.2, 0.25) is 0 Å². The summed E-state index contributed by atoms with van der Waals surface area (Å²) in [7, 11) is 0. The van der Waals surface area contributed by atoms with Gasteiger partial charge in [0.1, 0.15) is 13.2 Å². The number of esters is 2. The van der Waals surface area contributed by atoms with Gasteiger partial charge in [0.05, 0.1) is 52.9 Å². The molecule has 0 saturated carbocycles. The molecule has 0 aliphatic rings. The second-order valence-electron chi connectivity index (χ2n) is 8.93. The molecule has 0 fully saturated rings. The van der Waals surface area contributed by atoms with Gasteiger partial charge in [0.15, 0.2) is 0 Å². The van der Waals surface area contributed by atoms with Gasteiger partial charge in [-0.2, -0.15) is 0 Å². The zero-order chi connectivity index (χ0) is 26.4. The Morgan fingerprint density at radius 2 is 0.667 bits per heavy atom. The van der Waals surface area contributed by atoms with Crippen LogP contribution in [0.3, 0.4) is 0 Å². The molecular formula is C28H54O8. The average molecular weight is 519 g/mol. The van der Waals surface area contributed by atoms with Crippen molar-refractivity contribution in [1.29, 1.82) is 0 Å². The largest absolute Gasteiger partial charge is 0.463 e. The normalized spacial score (nSPS) is 11.1. The zero-order valence-corrected chi connectivity index (χ0v) is 23.2. The fourth-order valence-corrected chi connectivity index (χ4v) is 3.43. The van der Waals surface area contributed by atoms with Gasteiger partial charge in [-0.1, -0.05) is 78.1 Å². The van der Waals surface area contributed by atoms with E-state index in [9.17, 15) is 9.59 Å². The van der Waals surface area contributed by atoms with Crippen LogP contribution in [0.1, 0.15) is 104 Å². The summed E-state index contributed by atoms with van der Waals surface area (Å²) in [5.74, 6) is -0.285. The summed E-state index contributed by atoms with van der Waals surface area (Å²) in [6, 6.07) is 0. The third-order valence-corrected chi connectivity index (χ3v) is 5.57. The first-order valence-corrected chi connectivity index (χ1v) is 14.3. The molecular weight excluding hydrogens is 464 g/mol. The summed E-state index contributed by atoms with van der Waals surface area (Å²) in [4.78, 5) is 23.2. The standard InChI is InChI=1S/C28H54O8/c1-3-5-7-9-11-13-15-27(29)35-25-23-33-21-19-31-17-18-32-20-22-34-24-26-36-28(30)16-14-12-10-8-6-4-2/h3-26H2,1-2H3. The van der Waals surface area contributed by atoms with Crippen molar-refractivity contribution >= 4 is 11.9 Å². The molecule has 36 heavy (non-hydrogen) atoms. The van der Waals surface area contributed by atoms with E-state index in [0.29, 0.717) is 65.7 Å². The maximum Gasteiger partial charge on any atom is 0.305 e. The third kappa shape index (κ3) is 29.0. The molecule has 0 aliphatic carbocycles. The van der Waals surface area contributed by atoms with Crippen molar-refractivity contribution in [3.05, 3.63) is 0 Å². The highest BCUT2D eigenvalue weighted by Crippen LogP contribution is 2.08. The van der Waals surface area contributed by atoms with Gasteiger partial charge in [0, 0.05) is 12.8 Å². The lowest BCUT2D eigenvalue weighted by Gasteiger charge is -2.08. The van der Waals surface area contributed by atoms with E-state index in [-0.39, 0.29) is 25.2 Å². The lowest BCUT2D eigenvalue weighted by atomic mass is 10.1. The molecule has 0 aromatic rings. The van der Waals surface area contributed by atoms with Crippen molar-refractivity contribution in [1.82, 2.24) is 0 Å². The monoisotopic (exact) mass is 518 g/mol. The molecule has 0 heterocycles. The van der Waals surface area contributed by atoms with E-state index < -0.39 is 0 Å². The van der Waals surface area contributed by atoms with Gasteiger partial charge in [0.25, 0.3) is 0 Å². The van der Waals surface area contributed by atoms with Crippen LogP contribution < -0.4 is 0 Å². The lowest BCUT2D eigenvalue weighted by molar-refractivity contribution is -0.146. The molecule has 214 valence electrons. The highest BCUT2D eigenvalue weighted by molar-refractivity contribution is 5.69. The van der Waals surface area contributed by atoms with Gasteiger partial charge in [-0.3, -0.25) is 9.59 Å². The smallest absolute Gasteiger partial charge is 0.305 e. The molecule has 0 radical (unpaired) electrons. The van der Waals surface area contributed by atoms with E-state index in [1.807, 2.05) is 0 Å². The van der Waals surface area contributed by atoms with Gasteiger partial charge in [-0.15, -0.1) is 0 Å². The van der Waals surface area contributed by atoms with Crippen LogP contribution in [0.25, 0.3) is 0 Å². The first-order valence-electron chi connectivity index (χ1n) is 14.3. The Morgan fingerprint density at radius 3 is 1.00 bits per heavy atom. The first kappa shape index (κ1) is 34.8. The molecule has 0 aromatic heterocycles. The SMILES string of the molecule is CCCCCCCCC(=O)OCCOCCOCCOCCOCCOC(=O)CCCCCCCC. The van der Waals surface area contributed by atoms with Crippen molar-refractivity contribution in [3.8, 4) is 0 Å². The minimum atomic E-state index is -0.143. The number of hydrogen-bond acceptors (Lipinski definition) is 8. The second kappa shape index (κ2) is 30.0. The molecule has 0 aromatic carbocycles. The number of ether oxygens (including phenoxy) is 6. The van der Waals surface area contributed by atoms with Gasteiger partial charge in [-0.05, 0) is 12.8 Å². The van der Waals surface area contributed by atoms with Crippen molar-refractivity contribution in [2.75, 3.05) is 66.1 Å². The Balaban J connectivity index is 3.18. The molecule has 0 atom stereocenters. The highest BCUT2D eigenvalue weighted by Gasteiger charge is 2.03. The Morgan fingerprint density at radius 1 is 0.389 bits per heavy atom. The van der Waals surface area contributed by atoms with Crippen LogP contribution in [0.2, 0.25) is 0 Å². The van der Waals surface area contributed by atoms with E-state index in [4.69, 9.17) is 28.4 Å². The number of carbonyl (C=O) groups is 2. The summed E-state index contributed by atoms with van der Waals surface area (Å²) in [6.45, 7) is 8.53. The molecule has 0 aliphatic heterocycles. The molecule has 8 nitrogen and oxygen atoms in total. The summed E-state index contributed by atoms with van der Waals surface area (Å²) >= 11 is 0. The van der Waals surface area contributed by atoms with Gasteiger partial charge in [-0.25, -0.2) is 0 Å². The van der Waals surface area contributed by atoms with E-state index in [1.54, 1.807) is 0 Å². The van der Waals surface area contributed by atoms with Crippen molar-refractivity contribution in [2.45, 2.75) is 104 Å². The second-order valence-corrected chi connectivity index (χ2v) is 8.93. The third-order valence-electron chi connectivity index (χ3n) is 5.57. The fourth-order valence-electron chi connectivity index (χ4n) is 3.43. The average Bonchev–Trinajstić information content (AvgIpc) is 2.87. The van der Waals surface area contributed by atoms with E-state index in [2.05, 4.69) is 13.8 Å². The number of unbranched alkanes of at least 4 members (excludes halogenated alkanes) is 10. The maximum atomic E-state index is 11.6. The minimum absolute atomic E-state index is 0.143. The topological polar surface area (TPSA) is 89.5 Å². The molecule has 0 bridgehead atoms. The Bertz CT molecular complexity index is 430. The Kier molecular flexibility index (Phi) is 29.0. The molecule has 8 heteroatoms. The molecule has 0 amide bonds. The van der Waals surface area contributed by atoms with Gasteiger partial charge < -0.3 is 28.4 Å². The summed E-state index contributed by atoms with van der Waals surface area (Å²) in [6.07, 6.45) is 14.9. The lowest BCUT2D eigenvalue weighted by Crippen LogP contribution is -2.15. The quantitative estimate of drug-likeness (QED) is 0.0928. The fraction of sp³-hybridized carbons (Fsp3) is 0.929. The first-order chi connectivity index (χ1) is 17.7. The van der Waals surface area contributed by atoms with Crippen LogP contribution in [0.5, 0.6) is 0 Å². The van der Waals surface area contributed by atoms with Crippen LogP contribution in [0.4, 0.5) is 0 Å². The van der Waals surface area contributed by atoms with Crippen LogP contribution in [0.15, 0.2) is 0 Å². The minimum Gasteiger partial charge on any atom is -0.463 e. The predicted octanol–water partition coefficient (Wildman–Crippen LogP) is 5.64. The maximum absolute atomic E-state index is 11.6. The van der Waals surface area contributed by atoms with E-state index in [0.717, 1.165) is 25.7 Å². The zero-order valence-electron chi connectivity index (χ0n) is 23.2. The summed E-state index contributed by atoms with van der Waals surface area (Å²) in [5, 5.41) is 0. The van der Waals surface area contributed by atoms with Crippen LogP contribution >= 0.6 is 0 Å². The number of rotatable bonds is 29. The molecule has 0 spiro atoms. The summed E-state index contributed by atoms with van der Waals surface area (Å²) in [5.41, 5.74) is 0. The van der Waals surface area contributed by atoms with E-state index in [1.165, 1.54) is 51.4 Å². The number of hydrogen-bond donors (Lipinski definition) is 0. The number of carbonyl (C=O) groups excluding carboxylic acids is 2. The highest BCUT2D eigenvalue weighted by atomic mass is 16.6. The Labute approximate surface area is 220 Å². The summed E-state index contributed by atoms with van der Waals surface area (Å²) < 4.78 is 32.0. The van der Waals surface area contributed by atoms with E-state index >= 15 is 0 Å². The van der Waals surface area contributed by atoms with Crippen LogP contribution in [0, 0.1) is 0 Å². The van der Waals surface area contributed by atoms with Crippen molar-refractivity contribution in [2.24, 2.45) is 0 Å². The van der Waals surface area contributed by atoms with Crippen LogP contribution in [-0.2, 0) is 38.0 Å². The molecule has 0 N–H and O–H groups in total. The Hall–Kier alpha value is -1.22. The van der Waals surface area contributed by atoms with Crippen LogP contribution in [-0.4, -0.2) is 78.0 Å². The molecule has 0 unspecified atom stereocenters. The van der Waals surface area contributed by atoms with Gasteiger partial charge >= 0.3 is 11.9 Å². The molecule has 0 saturated heterocycles.